The van der Waals surface area contributed by atoms with Crippen LogP contribution < -0.4 is 0 Å². The summed E-state index contributed by atoms with van der Waals surface area (Å²) < 4.78 is 45.8. The molecule has 3 aliphatic rings. The lowest BCUT2D eigenvalue weighted by Crippen LogP contribution is -2.62. The van der Waals surface area contributed by atoms with Gasteiger partial charge in [-0.25, -0.2) is 0 Å². The van der Waals surface area contributed by atoms with E-state index in [-0.39, 0.29) is 31.3 Å². The zero-order chi connectivity index (χ0) is 50.6. The second kappa shape index (κ2) is 23.5. The average molecular weight is 980 g/mol. The summed E-state index contributed by atoms with van der Waals surface area (Å²) in [5, 5.41) is 68.7. The highest BCUT2D eigenvalue weighted by Gasteiger charge is 2.55. The molecule has 17 nitrogen and oxygen atoms in total. The Morgan fingerprint density at radius 2 is 1.65 bits per heavy atom. The summed E-state index contributed by atoms with van der Waals surface area (Å²) in [6, 6.07) is 6.79. The summed E-state index contributed by atoms with van der Waals surface area (Å²) in [5.74, 6) is -3.11. The van der Waals surface area contributed by atoms with Crippen LogP contribution in [0.4, 0.5) is 0 Å². The zero-order valence-electron chi connectivity index (χ0n) is 43.1. The van der Waals surface area contributed by atoms with Crippen molar-refractivity contribution in [2.45, 2.75) is 203 Å². The monoisotopic (exact) mass is 980 g/mol. The molecular weight excluding hydrogens is 895 g/mol. The predicted octanol–water partition coefficient (Wildman–Crippen LogP) is 3.36. The van der Waals surface area contributed by atoms with Crippen LogP contribution in [-0.2, 0) is 59.0 Å². The van der Waals surface area contributed by atoms with Crippen molar-refractivity contribution in [1.82, 2.24) is 24.8 Å². The summed E-state index contributed by atoms with van der Waals surface area (Å²) in [7, 11) is 5.34. The number of aromatic nitrogens is 3. The summed E-state index contributed by atoms with van der Waals surface area (Å²) >= 11 is -1.03. The second-order valence-electron chi connectivity index (χ2n) is 21.3. The Labute approximate surface area is 408 Å². The van der Waals surface area contributed by atoms with Gasteiger partial charge in [-0.05, 0) is 122 Å². The molecule has 0 radical (unpaired) electrons. The first-order valence-electron chi connectivity index (χ1n) is 24.7. The molecule has 4 heterocycles. The smallest absolute Gasteiger partial charge is 0.309 e. The fraction of sp³-hybridized carbons (Fsp3) is 0.820. The largest absolute Gasteiger partial charge is 0.612 e. The number of cyclic esters (lactones) is 1. The van der Waals surface area contributed by atoms with Crippen LogP contribution in [0.2, 0.25) is 0 Å². The van der Waals surface area contributed by atoms with E-state index in [0.29, 0.717) is 32.5 Å². The van der Waals surface area contributed by atoms with Crippen molar-refractivity contribution in [3.8, 4) is 0 Å². The Hall–Kier alpha value is -2.30. The first-order valence-corrected chi connectivity index (χ1v) is 26.2. The Balaban J connectivity index is 1.43. The van der Waals surface area contributed by atoms with Crippen molar-refractivity contribution in [1.29, 1.82) is 0 Å². The molecule has 1 aromatic carbocycles. The number of carbonyl (C=O) groups is 1. The van der Waals surface area contributed by atoms with E-state index in [1.165, 1.54) is 14.0 Å². The van der Waals surface area contributed by atoms with E-state index in [1.807, 2.05) is 88.8 Å². The lowest BCUT2D eigenvalue weighted by atomic mass is 9.68. The predicted molar refractivity (Wildman–Crippen MR) is 258 cm³/mol. The van der Waals surface area contributed by atoms with Gasteiger partial charge in [0.2, 0.25) is 0 Å². The van der Waals surface area contributed by atoms with Crippen LogP contribution in [0.15, 0.2) is 35.4 Å². The van der Waals surface area contributed by atoms with E-state index in [4.69, 9.17) is 23.7 Å². The molecule has 388 valence electrons. The van der Waals surface area contributed by atoms with Crippen LogP contribution in [-0.4, -0.2) is 185 Å². The number of aliphatic hydroxyl groups excluding tert-OH is 3. The number of aliphatic hydroxyl groups is 5. The zero-order valence-corrected chi connectivity index (χ0v) is 44.0. The molecule has 0 aliphatic carbocycles. The number of methoxy groups -OCH3 is 1. The SMILES string of the molecule is CC[C@H]1OC(=O)[C@H](C)[C@@H](C2C[C@@](C)(OC)[C@@H](O)[C@H](C)O2)[C@H](C)[C@@H](O[C@@H]2O[C@H](C)C[C@H](N(C)CCc3cn(CCc4ccc([S+](C)[O-])cc4)nn3)[C@H]2O)[C@](C)(O)C[C@@H](C)CN(C)[C@H](C)[C@@H](O)[C@]1(C)O. The molecule has 5 rings (SSSR count). The molecule has 0 saturated carbocycles. The number of hydrogen-bond donors (Lipinski definition) is 5. The quantitative estimate of drug-likeness (QED) is 0.143. The lowest BCUT2D eigenvalue weighted by Gasteiger charge is -2.51. The number of ether oxygens (including phenoxy) is 5. The van der Waals surface area contributed by atoms with E-state index in [9.17, 15) is 34.9 Å². The molecule has 1 aromatic heterocycles. The van der Waals surface area contributed by atoms with E-state index >= 15 is 0 Å². The minimum atomic E-state index is -1.81. The number of hydrogen-bond acceptors (Lipinski definition) is 16. The number of carbonyl (C=O) groups excluding carboxylic acids is 1. The highest BCUT2D eigenvalue weighted by Crippen LogP contribution is 2.45. The number of likely N-dealkylation sites (N-methyl/N-ethyl adjacent to an activating group) is 2. The van der Waals surface area contributed by atoms with E-state index in [0.717, 1.165) is 22.6 Å². The van der Waals surface area contributed by atoms with Crippen molar-refractivity contribution in [3.05, 3.63) is 41.7 Å². The van der Waals surface area contributed by atoms with Crippen LogP contribution in [0.5, 0.6) is 0 Å². The fourth-order valence-corrected chi connectivity index (χ4v) is 11.8. The van der Waals surface area contributed by atoms with Gasteiger partial charge in [0.25, 0.3) is 0 Å². The van der Waals surface area contributed by atoms with Gasteiger partial charge >= 0.3 is 5.97 Å². The number of aryl methyl sites for hydroxylation is 2. The molecular formula is C50H85N5O12S. The molecule has 19 atom stereocenters. The second-order valence-corrected chi connectivity index (χ2v) is 22.7. The van der Waals surface area contributed by atoms with E-state index in [1.54, 1.807) is 34.0 Å². The van der Waals surface area contributed by atoms with Crippen molar-refractivity contribution >= 4 is 17.1 Å². The molecule has 3 aliphatic heterocycles. The minimum absolute atomic E-state index is 0.167. The van der Waals surface area contributed by atoms with Gasteiger partial charge in [0.1, 0.15) is 36.3 Å². The van der Waals surface area contributed by atoms with Gasteiger partial charge in [0, 0.05) is 63.8 Å². The fourth-order valence-electron chi connectivity index (χ4n) is 11.3. The Morgan fingerprint density at radius 1 is 0.985 bits per heavy atom. The molecule has 3 fully saturated rings. The molecule has 2 aromatic rings. The molecule has 68 heavy (non-hydrogen) atoms. The van der Waals surface area contributed by atoms with Crippen molar-refractivity contribution in [2.75, 3.05) is 40.6 Å². The first kappa shape index (κ1) is 56.6. The molecule has 3 saturated heterocycles. The van der Waals surface area contributed by atoms with E-state index < -0.39 is 113 Å². The maximum atomic E-state index is 14.6. The average Bonchev–Trinajstić information content (AvgIpc) is 3.74. The van der Waals surface area contributed by atoms with Crippen LogP contribution >= 0.6 is 0 Å². The molecule has 0 bridgehead atoms. The molecule has 2 unspecified atom stereocenters. The van der Waals surface area contributed by atoms with Gasteiger partial charge in [-0.15, -0.1) is 5.10 Å². The Morgan fingerprint density at radius 3 is 2.26 bits per heavy atom. The van der Waals surface area contributed by atoms with Crippen LogP contribution in [0, 0.1) is 23.7 Å². The number of nitrogens with zero attached hydrogens (tertiary/aromatic N) is 5. The standard InChI is InChI=1S/C50H85N5O12S/c1-15-40-50(10,61)43(57)33(6)54(12)27-29(2)25-48(8,60)45(31(4)41(32(5)46(59)66-40)39-26-49(9,63-13)44(58)34(7)65-39)67-47-42(56)38(24-30(3)64-47)53(11)22-21-36-28-55(52-51-36)23-20-35-16-18-37(19-17-35)68(14)62/h16-19,28-34,38-45,47,56-58,60-61H,15,20-27H2,1-14H3/t29-,30-,31+,32-,33-,34+,38+,39?,40-,41+,42-,43-,44+,45-,47+,48-,49-,50-,68?/m1/s1. The number of rotatable bonds is 13. The third kappa shape index (κ3) is 13.2. The van der Waals surface area contributed by atoms with Gasteiger partial charge in [-0.1, -0.05) is 45.0 Å². The van der Waals surface area contributed by atoms with Gasteiger partial charge in [0.05, 0.1) is 47.2 Å². The normalized spacial score (nSPS) is 41.2. The molecule has 0 spiro atoms. The lowest BCUT2D eigenvalue weighted by molar-refractivity contribution is -0.302. The van der Waals surface area contributed by atoms with Gasteiger partial charge in [0.15, 0.2) is 11.2 Å². The van der Waals surface area contributed by atoms with Gasteiger partial charge in [-0.2, -0.15) is 0 Å². The van der Waals surface area contributed by atoms with Gasteiger partial charge in [-0.3, -0.25) is 9.48 Å². The maximum absolute atomic E-state index is 14.6. The number of esters is 1. The summed E-state index contributed by atoms with van der Waals surface area (Å²) in [4.78, 5) is 19.4. The van der Waals surface area contributed by atoms with Crippen molar-refractivity contribution in [2.24, 2.45) is 23.7 Å². The Kier molecular flexibility index (Phi) is 19.6. The van der Waals surface area contributed by atoms with Crippen LogP contribution in [0.3, 0.4) is 0 Å². The molecule has 18 heteroatoms. The van der Waals surface area contributed by atoms with Gasteiger partial charge < -0.3 is 63.6 Å². The van der Waals surface area contributed by atoms with Crippen LogP contribution in [0.25, 0.3) is 0 Å². The minimum Gasteiger partial charge on any atom is -0.612 e. The summed E-state index contributed by atoms with van der Waals surface area (Å²) in [6.07, 6.45) is -2.35. The summed E-state index contributed by atoms with van der Waals surface area (Å²) in [5.41, 5.74) is -2.52. The summed E-state index contributed by atoms with van der Waals surface area (Å²) in [6.45, 7) is 19.6. The van der Waals surface area contributed by atoms with Crippen LogP contribution in [0.1, 0.15) is 106 Å². The Bertz CT molecular complexity index is 1890. The first-order chi connectivity index (χ1) is 31.7. The van der Waals surface area contributed by atoms with Crippen molar-refractivity contribution < 1.29 is 58.6 Å². The van der Waals surface area contributed by atoms with Crippen molar-refractivity contribution in [3.63, 3.8) is 0 Å². The third-order valence-electron chi connectivity index (χ3n) is 15.7. The number of benzene rings is 1. The maximum Gasteiger partial charge on any atom is 0.309 e. The topological polar surface area (TPSA) is 225 Å². The highest BCUT2D eigenvalue weighted by atomic mass is 32.2. The van der Waals surface area contributed by atoms with E-state index in [2.05, 4.69) is 15.2 Å². The molecule has 0 amide bonds. The highest BCUT2D eigenvalue weighted by molar-refractivity contribution is 7.90. The molecule has 5 N–H and O–H groups in total. The third-order valence-corrected chi connectivity index (χ3v) is 16.6.